The van der Waals surface area contributed by atoms with E-state index in [4.69, 9.17) is 0 Å². The van der Waals surface area contributed by atoms with E-state index >= 15 is 0 Å². The van der Waals surface area contributed by atoms with Crippen LogP contribution in [-0.4, -0.2) is 44.8 Å². The zero-order valence-electron chi connectivity index (χ0n) is 14.2. The molecule has 6 nitrogen and oxygen atoms in total. The van der Waals surface area contributed by atoms with Crippen molar-refractivity contribution in [2.24, 2.45) is 7.05 Å². The summed E-state index contributed by atoms with van der Waals surface area (Å²) in [7, 11) is 3.77. The summed E-state index contributed by atoms with van der Waals surface area (Å²) in [6.45, 7) is 6.64. The van der Waals surface area contributed by atoms with Crippen LogP contribution in [0.25, 0.3) is 0 Å². The van der Waals surface area contributed by atoms with Crippen LogP contribution in [0.5, 0.6) is 0 Å². The van der Waals surface area contributed by atoms with Crippen molar-refractivity contribution in [2.75, 3.05) is 19.3 Å². The number of thioether (sulfide) groups is 1. The molecule has 8 heteroatoms. The molecule has 0 radical (unpaired) electrons. The lowest BCUT2D eigenvalue weighted by Crippen LogP contribution is -2.40. The maximum atomic E-state index is 12.3. The van der Waals surface area contributed by atoms with Gasteiger partial charge in [0.1, 0.15) is 0 Å². The van der Waals surface area contributed by atoms with Crippen LogP contribution in [0.15, 0.2) is 17.6 Å². The summed E-state index contributed by atoms with van der Waals surface area (Å²) in [5.74, 6) is 0.785. The van der Waals surface area contributed by atoms with Gasteiger partial charge in [-0.15, -0.1) is 11.3 Å². The summed E-state index contributed by atoms with van der Waals surface area (Å²) in [5, 5.41) is 4.93. The van der Waals surface area contributed by atoms with Gasteiger partial charge in [-0.1, -0.05) is 11.8 Å². The van der Waals surface area contributed by atoms with Gasteiger partial charge in [0.25, 0.3) is 0 Å². The molecule has 0 spiro atoms. The Kier molecular flexibility index (Phi) is 6.06. The number of aryl methyl sites for hydroxylation is 3. The molecule has 0 unspecified atom stereocenters. The van der Waals surface area contributed by atoms with Crippen LogP contribution in [0.4, 0.5) is 4.79 Å². The van der Waals surface area contributed by atoms with E-state index in [0.717, 1.165) is 21.6 Å². The molecule has 0 saturated heterocycles. The molecule has 0 bridgehead atoms. The van der Waals surface area contributed by atoms with Crippen molar-refractivity contribution in [1.29, 1.82) is 0 Å². The number of rotatable bonds is 6. The molecule has 2 heterocycles. The van der Waals surface area contributed by atoms with Gasteiger partial charge in [-0.25, -0.2) is 14.8 Å². The van der Waals surface area contributed by atoms with Crippen LogP contribution in [0.3, 0.4) is 0 Å². The van der Waals surface area contributed by atoms with Crippen molar-refractivity contribution >= 4 is 29.1 Å². The van der Waals surface area contributed by atoms with E-state index in [1.165, 1.54) is 4.88 Å². The molecular weight excluding hydrogens is 330 g/mol. The Hall–Kier alpha value is -1.54. The van der Waals surface area contributed by atoms with Crippen molar-refractivity contribution in [1.82, 2.24) is 24.8 Å². The number of imidazole rings is 1. The highest BCUT2D eigenvalue weighted by atomic mass is 32.2. The minimum Gasteiger partial charge on any atom is -0.337 e. The Morgan fingerprint density at radius 2 is 2.26 bits per heavy atom. The lowest BCUT2D eigenvalue weighted by molar-refractivity contribution is 0.194. The number of amides is 2. The monoisotopic (exact) mass is 353 g/mol. The van der Waals surface area contributed by atoms with Crippen LogP contribution in [0.2, 0.25) is 0 Å². The predicted molar refractivity (Wildman–Crippen MR) is 95.1 cm³/mol. The number of hydrogen-bond acceptors (Lipinski definition) is 5. The molecule has 126 valence electrons. The number of nitrogens with one attached hydrogen (secondary N) is 1. The van der Waals surface area contributed by atoms with E-state index in [1.807, 2.05) is 38.6 Å². The first kappa shape index (κ1) is 17.8. The van der Waals surface area contributed by atoms with Gasteiger partial charge < -0.3 is 14.8 Å². The highest BCUT2D eigenvalue weighted by molar-refractivity contribution is 7.99. The lowest BCUT2D eigenvalue weighted by atomic mass is 10.2. The third kappa shape index (κ3) is 4.48. The Bertz CT molecular complexity index is 667. The minimum atomic E-state index is -0.0806. The third-order valence-corrected chi connectivity index (χ3v) is 5.58. The van der Waals surface area contributed by atoms with Crippen molar-refractivity contribution in [2.45, 2.75) is 32.0 Å². The molecule has 1 atom stereocenters. The van der Waals surface area contributed by atoms with Gasteiger partial charge >= 0.3 is 6.03 Å². The molecule has 2 aromatic heterocycles. The number of nitrogens with zero attached hydrogens (tertiary/aromatic N) is 4. The van der Waals surface area contributed by atoms with E-state index in [2.05, 4.69) is 15.3 Å². The molecule has 0 aliphatic rings. The number of carbonyl (C=O) groups is 1. The summed E-state index contributed by atoms with van der Waals surface area (Å²) in [5.41, 5.74) is 0.979. The molecule has 0 aliphatic carbocycles. The highest BCUT2D eigenvalue weighted by Gasteiger charge is 2.21. The normalized spacial score (nSPS) is 12.2. The van der Waals surface area contributed by atoms with Crippen molar-refractivity contribution < 1.29 is 4.79 Å². The number of aromatic nitrogens is 3. The van der Waals surface area contributed by atoms with E-state index in [9.17, 15) is 4.79 Å². The Balaban J connectivity index is 1.80. The SMILES string of the molecule is Cc1nc([C@@H](C)N(C)C(=O)NCCSc2nccn2C)c(C)s1. The van der Waals surface area contributed by atoms with Crippen LogP contribution in [0, 0.1) is 13.8 Å². The van der Waals surface area contributed by atoms with Gasteiger partial charge in [-0.3, -0.25) is 0 Å². The standard InChI is InChI=1S/C15H23N5OS2/c1-10(13-11(2)23-12(3)18-13)20(5)14(21)16-7-9-22-15-17-6-8-19(15)4/h6,8,10H,7,9H2,1-5H3,(H,16,21)/t10-/m1/s1. The number of hydrogen-bond donors (Lipinski definition) is 1. The second-order valence-electron chi connectivity index (χ2n) is 5.36. The maximum absolute atomic E-state index is 12.3. The first-order chi connectivity index (χ1) is 10.9. The summed E-state index contributed by atoms with van der Waals surface area (Å²) >= 11 is 3.29. The summed E-state index contributed by atoms with van der Waals surface area (Å²) in [4.78, 5) is 23.9. The van der Waals surface area contributed by atoms with Crippen molar-refractivity contribution in [3.8, 4) is 0 Å². The van der Waals surface area contributed by atoms with Gasteiger partial charge in [0.2, 0.25) is 0 Å². The minimum absolute atomic E-state index is 0.0397. The average molecular weight is 354 g/mol. The summed E-state index contributed by atoms with van der Waals surface area (Å²) in [6.07, 6.45) is 3.68. The first-order valence-electron chi connectivity index (χ1n) is 7.45. The Morgan fingerprint density at radius 1 is 1.52 bits per heavy atom. The molecule has 0 aromatic carbocycles. The number of carbonyl (C=O) groups excluding carboxylic acids is 1. The van der Waals surface area contributed by atoms with Gasteiger partial charge in [-0.2, -0.15) is 0 Å². The lowest BCUT2D eigenvalue weighted by Gasteiger charge is -2.24. The van der Waals surface area contributed by atoms with Gasteiger partial charge in [0.15, 0.2) is 5.16 Å². The summed E-state index contributed by atoms with van der Waals surface area (Å²) < 4.78 is 1.97. The predicted octanol–water partition coefficient (Wildman–Crippen LogP) is 2.99. The highest BCUT2D eigenvalue weighted by Crippen LogP contribution is 2.25. The van der Waals surface area contributed by atoms with Gasteiger partial charge in [-0.05, 0) is 20.8 Å². The van der Waals surface area contributed by atoms with E-state index in [1.54, 1.807) is 41.2 Å². The van der Waals surface area contributed by atoms with Crippen LogP contribution in [-0.2, 0) is 7.05 Å². The fraction of sp³-hybridized carbons (Fsp3) is 0.533. The van der Waals surface area contributed by atoms with Crippen LogP contribution in [0.1, 0.15) is 28.5 Å². The smallest absolute Gasteiger partial charge is 0.317 e. The fourth-order valence-corrected chi connectivity index (χ4v) is 3.90. The average Bonchev–Trinajstić information content (AvgIpc) is 3.07. The zero-order valence-corrected chi connectivity index (χ0v) is 15.8. The summed E-state index contributed by atoms with van der Waals surface area (Å²) in [6, 6.07) is -0.120. The zero-order chi connectivity index (χ0) is 17.0. The first-order valence-corrected chi connectivity index (χ1v) is 9.25. The molecule has 0 aliphatic heterocycles. The molecule has 0 fully saturated rings. The number of urea groups is 1. The van der Waals surface area contributed by atoms with E-state index in [0.29, 0.717) is 6.54 Å². The largest absolute Gasteiger partial charge is 0.337 e. The third-order valence-electron chi connectivity index (χ3n) is 3.62. The van der Waals surface area contributed by atoms with Crippen molar-refractivity contribution in [3.63, 3.8) is 0 Å². The molecule has 1 N–H and O–H groups in total. The van der Waals surface area contributed by atoms with Gasteiger partial charge in [0, 0.05) is 43.7 Å². The Morgan fingerprint density at radius 3 is 2.83 bits per heavy atom. The molecule has 23 heavy (non-hydrogen) atoms. The van der Waals surface area contributed by atoms with Gasteiger partial charge in [0.05, 0.1) is 16.7 Å². The second kappa shape index (κ2) is 7.83. The molecular formula is C15H23N5OS2. The number of thiazole rings is 1. The second-order valence-corrected chi connectivity index (χ2v) is 7.83. The fourth-order valence-electron chi connectivity index (χ4n) is 2.21. The van der Waals surface area contributed by atoms with Crippen molar-refractivity contribution in [3.05, 3.63) is 28.0 Å². The van der Waals surface area contributed by atoms with E-state index < -0.39 is 0 Å². The molecule has 0 saturated carbocycles. The molecule has 2 amide bonds. The van der Waals surface area contributed by atoms with Crippen LogP contribution >= 0.6 is 23.1 Å². The topological polar surface area (TPSA) is 63.1 Å². The van der Waals surface area contributed by atoms with E-state index in [-0.39, 0.29) is 12.1 Å². The Labute approximate surface area is 145 Å². The maximum Gasteiger partial charge on any atom is 0.317 e. The van der Waals surface area contributed by atoms with Crippen LogP contribution < -0.4 is 5.32 Å². The molecule has 2 rings (SSSR count). The molecule has 2 aromatic rings. The quantitative estimate of drug-likeness (QED) is 0.640.